The molecule has 0 bridgehead atoms. The van der Waals surface area contributed by atoms with Crippen molar-refractivity contribution in [3.8, 4) is 11.5 Å². The van der Waals surface area contributed by atoms with Gasteiger partial charge in [-0.25, -0.2) is 14.4 Å². The van der Waals surface area contributed by atoms with Crippen LogP contribution in [0.5, 0.6) is 11.5 Å². The third-order valence-electron chi connectivity index (χ3n) is 6.32. The average molecular weight is 642 g/mol. The molecule has 0 saturated heterocycles. The first-order valence-corrected chi connectivity index (χ1v) is 15.1. The Bertz CT molecular complexity index is 1400. The van der Waals surface area contributed by atoms with E-state index in [0.29, 0.717) is 11.1 Å². The number of carbonyl (C=O) groups excluding carboxylic acids is 5. The zero-order valence-electron chi connectivity index (χ0n) is 28.6. The summed E-state index contributed by atoms with van der Waals surface area (Å²) in [5, 5.41) is 2.55. The van der Waals surface area contributed by atoms with Crippen LogP contribution in [0.15, 0.2) is 48.5 Å². The molecule has 2 aromatic rings. The van der Waals surface area contributed by atoms with Gasteiger partial charge in [0.05, 0.1) is 16.4 Å². The first-order chi connectivity index (χ1) is 21.1. The van der Waals surface area contributed by atoms with E-state index in [2.05, 4.69) is 5.32 Å². The fourth-order valence-corrected chi connectivity index (χ4v) is 3.50. The number of ether oxygens (including phenoxy) is 5. The van der Waals surface area contributed by atoms with Gasteiger partial charge in [0.25, 0.3) is 0 Å². The smallest absolute Gasteiger partial charge is 0.408 e. The minimum Gasteiger partial charge on any atom is -0.457 e. The molecule has 0 aliphatic rings. The Labute approximate surface area is 271 Å². The van der Waals surface area contributed by atoms with E-state index in [9.17, 15) is 24.0 Å². The van der Waals surface area contributed by atoms with Crippen molar-refractivity contribution < 1.29 is 47.7 Å². The highest BCUT2D eigenvalue weighted by Gasteiger charge is 2.32. The largest absolute Gasteiger partial charge is 0.457 e. The van der Waals surface area contributed by atoms with Crippen LogP contribution in [0.4, 0.5) is 4.79 Å². The Morgan fingerprint density at radius 2 is 1.22 bits per heavy atom. The van der Waals surface area contributed by atoms with Gasteiger partial charge < -0.3 is 29.0 Å². The van der Waals surface area contributed by atoms with Crippen molar-refractivity contribution in [2.75, 3.05) is 0 Å². The molecule has 252 valence electrons. The number of benzene rings is 2. The van der Waals surface area contributed by atoms with Crippen molar-refractivity contribution >= 4 is 30.0 Å². The predicted octanol–water partition coefficient (Wildman–Crippen LogP) is 6.20. The Morgan fingerprint density at radius 3 is 1.74 bits per heavy atom. The number of hydrogen-bond donors (Lipinski definition) is 1. The molecule has 0 unspecified atom stereocenters. The summed E-state index contributed by atoms with van der Waals surface area (Å²) < 4.78 is 27.6. The molecule has 46 heavy (non-hydrogen) atoms. The van der Waals surface area contributed by atoms with E-state index in [1.165, 1.54) is 12.1 Å². The van der Waals surface area contributed by atoms with E-state index >= 15 is 0 Å². The zero-order chi connectivity index (χ0) is 35.0. The number of alkyl carbamates (subject to hydrolysis) is 1. The number of hydrogen-bond acceptors (Lipinski definition) is 10. The van der Waals surface area contributed by atoms with Gasteiger partial charge in [0.2, 0.25) is 0 Å². The van der Waals surface area contributed by atoms with Crippen LogP contribution in [0.2, 0.25) is 0 Å². The highest BCUT2D eigenvalue weighted by molar-refractivity contribution is 5.89. The Hall–Kier alpha value is -4.41. The SMILES string of the molecule is C[C@H](OC(=O)c1ccccc1)[C@H](C)OC(=O)[C@H](Cc1ccc(OC(=O)C(C)(C)C)c(OC(=O)C(C)(C)C)c1)NC(=O)OC(C)(C)C. The molecule has 0 saturated carbocycles. The van der Waals surface area contributed by atoms with Gasteiger partial charge in [-0.15, -0.1) is 0 Å². The second-order valence-corrected chi connectivity index (χ2v) is 14.1. The van der Waals surface area contributed by atoms with Crippen molar-refractivity contribution in [1.82, 2.24) is 5.32 Å². The van der Waals surface area contributed by atoms with E-state index in [1.54, 1.807) is 113 Å². The topological polar surface area (TPSA) is 144 Å². The summed E-state index contributed by atoms with van der Waals surface area (Å²) in [7, 11) is 0. The Kier molecular flexibility index (Phi) is 12.5. The molecule has 1 N–H and O–H groups in total. The minimum atomic E-state index is -1.26. The highest BCUT2D eigenvalue weighted by atomic mass is 16.6. The maximum absolute atomic E-state index is 13.4. The van der Waals surface area contributed by atoms with Gasteiger partial charge in [-0.2, -0.15) is 0 Å². The van der Waals surface area contributed by atoms with E-state index < -0.39 is 64.7 Å². The number of esters is 4. The molecule has 2 rings (SSSR count). The number of rotatable bonds is 10. The molecular weight excluding hydrogens is 594 g/mol. The van der Waals surface area contributed by atoms with E-state index in [-0.39, 0.29) is 17.9 Å². The molecule has 1 amide bonds. The first kappa shape index (κ1) is 37.8. The normalized spacial score (nSPS) is 13.8. The number of amides is 1. The summed E-state index contributed by atoms with van der Waals surface area (Å²) in [6, 6.07) is 11.6. The van der Waals surface area contributed by atoms with Crippen LogP contribution >= 0.6 is 0 Å². The van der Waals surface area contributed by atoms with Crippen LogP contribution in [0.3, 0.4) is 0 Å². The first-order valence-electron chi connectivity index (χ1n) is 15.1. The van der Waals surface area contributed by atoms with Gasteiger partial charge in [0.15, 0.2) is 11.5 Å². The molecule has 0 aliphatic carbocycles. The molecule has 2 aromatic carbocycles. The van der Waals surface area contributed by atoms with Crippen LogP contribution in [-0.2, 0) is 35.0 Å². The van der Waals surface area contributed by atoms with E-state index in [4.69, 9.17) is 23.7 Å². The van der Waals surface area contributed by atoms with Gasteiger partial charge in [-0.1, -0.05) is 24.3 Å². The second kappa shape index (κ2) is 15.2. The lowest BCUT2D eigenvalue weighted by Gasteiger charge is -2.26. The van der Waals surface area contributed by atoms with Crippen molar-refractivity contribution in [3.05, 3.63) is 59.7 Å². The molecule has 0 heterocycles. The van der Waals surface area contributed by atoms with Crippen LogP contribution in [0.25, 0.3) is 0 Å². The van der Waals surface area contributed by atoms with Crippen LogP contribution < -0.4 is 14.8 Å². The lowest BCUT2D eigenvalue weighted by molar-refractivity contribution is -0.156. The second-order valence-electron chi connectivity index (χ2n) is 14.1. The molecule has 0 spiro atoms. The lowest BCUT2D eigenvalue weighted by atomic mass is 9.97. The third-order valence-corrected chi connectivity index (χ3v) is 6.32. The Balaban J connectivity index is 2.36. The van der Waals surface area contributed by atoms with Crippen molar-refractivity contribution in [1.29, 1.82) is 0 Å². The zero-order valence-corrected chi connectivity index (χ0v) is 28.6. The number of nitrogens with one attached hydrogen (secondary N) is 1. The fraction of sp³-hybridized carbons (Fsp3) is 0.514. The molecular formula is C35H47NO10. The molecule has 0 radical (unpaired) electrons. The van der Waals surface area contributed by atoms with Crippen molar-refractivity contribution in [2.24, 2.45) is 10.8 Å². The van der Waals surface area contributed by atoms with Crippen LogP contribution in [-0.4, -0.2) is 53.8 Å². The summed E-state index contributed by atoms with van der Waals surface area (Å²) in [5.74, 6) is -2.54. The molecule has 0 aromatic heterocycles. The minimum absolute atomic E-state index is 0.0168. The van der Waals surface area contributed by atoms with Gasteiger partial charge in [0, 0.05) is 6.42 Å². The van der Waals surface area contributed by atoms with Crippen LogP contribution in [0.1, 0.15) is 92.1 Å². The predicted molar refractivity (Wildman–Crippen MR) is 170 cm³/mol. The Morgan fingerprint density at radius 1 is 0.696 bits per heavy atom. The van der Waals surface area contributed by atoms with E-state index in [0.717, 1.165) is 0 Å². The van der Waals surface area contributed by atoms with Gasteiger partial charge >= 0.3 is 30.0 Å². The fourth-order valence-electron chi connectivity index (χ4n) is 3.50. The molecule has 0 fully saturated rings. The monoisotopic (exact) mass is 641 g/mol. The van der Waals surface area contributed by atoms with Gasteiger partial charge in [0.1, 0.15) is 23.9 Å². The number of carbonyl (C=O) groups is 5. The summed E-state index contributed by atoms with van der Waals surface area (Å²) in [4.78, 5) is 64.1. The van der Waals surface area contributed by atoms with Gasteiger partial charge in [-0.3, -0.25) is 9.59 Å². The average Bonchev–Trinajstić information content (AvgIpc) is 2.92. The summed E-state index contributed by atoms with van der Waals surface area (Å²) >= 11 is 0. The molecule has 11 heteroatoms. The summed E-state index contributed by atoms with van der Waals surface area (Å²) in [6.45, 7) is 18.3. The lowest BCUT2D eigenvalue weighted by Crippen LogP contribution is -2.47. The quantitative estimate of drug-likeness (QED) is 0.181. The molecule has 11 nitrogen and oxygen atoms in total. The van der Waals surface area contributed by atoms with E-state index in [1.807, 2.05) is 0 Å². The van der Waals surface area contributed by atoms with Crippen LogP contribution in [0, 0.1) is 10.8 Å². The van der Waals surface area contributed by atoms with Crippen molar-refractivity contribution in [3.63, 3.8) is 0 Å². The van der Waals surface area contributed by atoms with Crippen molar-refractivity contribution in [2.45, 2.75) is 106 Å². The standard InChI is InChI=1S/C35H47NO10/c1-21(42-28(37)24-15-13-12-14-16-24)22(2)43-29(38)25(36-32(41)46-35(9,10)11)19-23-17-18-26(44-30(39)33(3,4)5)27(20-23)45-31(40)34(6,7)8/h12-18,20-22,25H,19H2,1-11H3,(H,36,41)/t21-,22-,25-/m0/s1. The maximum Gasteiger partial charge on any atom is 0.408 e. The summed E-state index contributed by atoms with van der Waals surface area (Å²) in [6.07, 6.45) is -2.68. The van der Waals surface area contributed by atoms with Gasteiger partial charge in [-0.05, 0) is 106 Å². The third kappa shape index (κ3) is 12.2. The summed E-state index contributed by atoms with van der Waals surface area (Å²) in [5.41, 5.74) is -1.76. The highest BCUT2D eigenvalue weighted by Crippen LogP contribution is 2.33. The molecule has 3 atom stereocenters. The maximum atomic E-state index is 13.4. The molecule has 0 aliphatic heterocycles.